The molecule has 2 aromatic heterocycles. The summed E-state index contributed by atoms with van der Waals surface area (Å²) in [5, 5.41) is 1.68. The van der Waals surface area contributed by atoms with Crippen LogP contribution in [0.15, 0.2) is 66.0 Å². The van der Waals surface area contributed by atoms with Crippen molar-refractivity contribution in [2.75, 3.05) is 5.75 Å². The van der Waals surface area contributed by atoms with Gasteiger partial charge in [-0.3, -0.25) is 20.4 Å². The summed E-state index contributed by atoms with van der Waals surface area (Å²) in [6, 6.07) is 17.9. The molecule has 4 N–H and O–H groups in total. The lowest BCUT2D eigenvalue weighted by Gasteiger charge is -2.06. The van der Waals surface area contributed by atoms with Gasteiger partial charge in [0.2, 0.25) is 11.8 Å². The molecular formula is C23H23N5O2S. The molecule has 2 heterocycles. The lowest BCUT2D eigenvalue weighted by Crippen LogP contribution is -2.43. The van der Waals surface area contributed by atoms with Gasteiger partial charge in [-0.05, 0) is 24.1 Å². The summed E-state index contributed by atoms with van der Waals surface area (Å²) in [6.45, 7) is 1.97. The van der Waals surface area contributed by atoms with E-state index in [9.17, 15) is 9.59 Å². The van der Waals surface area contributed by atoms with Crippen LogP contribution in [0.25, 0.3) is 10.9 Å². The van der Waals surface area contributed by atoms with Crippen molar-refractivity contribution in [1.29, 1.82) is 0 Å². The second kappa shape index (κ2) is 9.53. The van der Waals surface area contributed by atoms with Gasteiger partial charge in [0.1, 0.15) is 0 Å². The summed E-state index contributed by atoms with van der Waals surface area (Å²) in [5.74, 6) is -0.427. The van der Waals surface area contributed by atoms with Gasteiger partial charge in [0.15, 0.2) is 5.16 Å². The Bertz CT molecular complexity index is 1200. The first-order chi connectivity index (χ1) is 15.1. The van der Waals surface area contributed by atoms with Gasteiger partial charge in [0.05, 0.1) is 17.9 Å². The zero-order chi connectivity index (χ0) is 21.6. The van der Waals surface area contributed by atoms with Crippen molar-refractivity contribution in [1.82, 2.24) is 25.8 Å². The second-order valence-corrected chi connectivity index (χ2v) is 8.16. The van der Waals surface area contributed by atoms with Gasteiger partial charge in [-0.1, -0.05) is 60.3 Å². The SMILES string of the molecule is Cc1[nH]c(SCC(=O)NNC(=O)Cc2c[nH]c3ccccc23)nc1Cc1ccccc1. The predicted octanol–water partition coefficient (Wildman–Crippen LogP) is 3.27. The monoisotopic (exact) mass is 433 g/mol. The minimum Gasteiger partial charge on any atom is -0.361 e. The third kappa shape index (κ3) is 5.35. The standard InChI is InChI=1S/C23H23N5O2S/c1-15-20(11-16-7-3-2-4-8-16)26-23(25-15)31-14-22(30)28-27-21(29)12-17-13-24-19-10-6-5-9-18(17)19/h2-10,13,24H,11-12,14H2,1H3,(H,25,26)(H,27,29)(H,28,30). The van der Waals surface area contributed by atoms with E-state index in [0.717, 1.165) is 34.3 Å². The van der Waals surface area contributed by atoms with E-state index in [-0.39, 0.29) is 24.0 Å². The summed E-state index contributed by atoms with van der Waals surface area (Å²) < 4.78 is 0. The number of hydrogen-bond acceptors (Lipinski definition) is 4. The number of nitrogens with zero attached hydrogens (tertiary/aromatic N) is 1. The molecule has 4 aromatic rings. The molecule has 0 aliphatic rings. The number of aryl methyl sites for hydroxylation is 1. The molecule has 0 radical (unpaired) electrons. The van der Waals surface area contributed by atoms with Crippen molar-refractivity contribution in [3.05, 3.63) is 83.3 Å². The number of thioether (sulfide) groups is 1. The predicted molar refractivity (Wildman–Crippen MR) is 122 cm³/mol. The molecule has 2 aromatic carbocycles. The quantitative estimate of drug-likeness (QED) is 0.265. The van der Waals surface area contributed by atoms with Crippen LogP contribution in [0.1, 0.15) is 22.5 Å². The summed E-state index contributed by atoms with van der Waals surface area (Å²) in [6.07, 6.45) is 2.73. The molecule has 158 valence electrons. The number of carbonyl (C=O) groups excluding carboxylic acids is 2. The van der Waals surface area contributed by atoms with Gasteiger partial charge < -0.3 is 9.97 Å². The summed E-state index contributed by atoms with van der Waals surface area (Å²) in [5.41, 5.74) is 9.93. The highest BCUT2D eigenvalue weighted by atomic mass is 32.2. The molecule has 4 rings (SSSR count). The first kappa shape index (κ1) is 20.7. The Balaban J connectivity index is 1.24. The lowest BCUT2D eigenvalue weighted by molar-refractivity contribution is -0.127. The van der Waals surface area contributed by atoms with E-state index in [1.807, 2.05) is 55.6 Å². The number of fused-ring (bicyclic) bond motifs is 1. The average Bonchev–Trinajstić information content (AvgIpc) is 3.35. The highest BCUT2D eigenvalue weighted by Gasteiger charge is 2.12. The van der Waals surface area contributed by atoms with E-state index in [4.69, 9.17) is 0 Å². The number of hydrazine groups is 1. The fourth-order valence-electron chi connectivity index (χ4n) is 3.30. The van der Waals surface area contributed by atoms with E-state index in [1.54, 1.807) is 0 Å². The molecule has 0 aliphatic carbocycles. The molecule has 0 aliphatic heterocycles. The van der Waals surface area contributed by atoms with Crippen LogP contribution in [0.2, 0.25) is 0 Å². The van der Waals surface area contributed by atoms with Crippen LogP contribution in [0.3, 0.4) is 0 Å². The Morgan fingerprint density at radius 3 is 2.58 bits per heavy atom. The molecular weight excluding hydrogens is 410 g/mol. The van der Waals surface area contributed by atoms with Crippen molar-refractivity contribution in [3.8, 4) is 0 Å². The average molecular weight is 434 g/mol. The van der Waals surface area contributed by atoms with Gasteiger partial charge in [-0.2, -0.15) is 0 Å². The van der Waals surface area contributed by atoms with Crippen LogP contribution in [-0.4, -0.2) is 32.5 Å². The molecule has 7 nitrogen and oxygen atoms in total. The summed E-state index contributed by atoms with van der Waals surface area (Å²) >= 11 is 1.30. The van der Waals surface area contributed by atoms with Crippen LogP contribution in [0, 0.1) is 6.92 Å². The van der Waals surface area contributed by atoms with Crippen molar-refractivity contribution in [2.24, 2.45) is 0 Å². The molecule has 2 amide bonds. The molecule has 0 saturated carbocycles. The van der Waals surface area contributed by atoms with Crippen LogP contribution in [0.4, 0.5) is 0 Å². The van der Waals surface area contributed by atoms with Gasteiger partial charge >= 0.3 is 0 Å². The molecule has 0 fully saturated rings. The van der Waals surface area contributed by atoms with Crippen molar-refractivity contribution in [2.45, 2.75) is 24.9 Å². The zero-order valence-corrected chi connectivity index (χ0v) is 17.9. The number of aromatic amines is 2. The van der Waals surface area contributed by atoms with Crippen molar-refractivity contribution >= 4 is 34.5 Å². The van der Waals surface area contributed by atoms with Crippen LogP contribution in [0.5, 0.6) is 0 Å². The van der Waals surface area contributed by atoms with Gasteiger partial charge in [-0.15, -0.1) is 0 Å². The largest absolute Gasteiger partial charge is 0.361 e. The van der Waals surface area contributed by atoms with E-state index in [1.165, 1.54) is 17.3 Å². The summed E-state index contributed by atoms with van der Waals surface area (Å²) in [4.78, 5) is 35.3. The van der Waals surface area contributed by atoms with E-state index >= 15 is 0 Å². The smallest absolute Gasteiger partial charge is 0.248 e. The Kier molecular flexibility index (Phi) is 6.37. The topological polar surface area (TPSA) is 103 Å². The molecule has 0 spiro atoms. The minimum absolute atomic E-state index is 0.144. The Hall–Kier alpha value is -3.52. The molecule has 0 bridgehead atoms. The molecule has 8 heteroatoms. The fourth-order valence-corrected chi connectivity index (χ4v) is 4.04. The zero-order valence-electron chi connectivity index (χ0n) is 17.1. The Morgan fingerprint density at radius 1 is 1.00 bits per heavy atom. The third-order valence-electron chi connectivity index (χ3n) is 4.89. The van der Waals surface area contributed by atoms with Gasteiger partial charge in [-0.25, -0.2) is 4.98 Å². The Morgan fingerprint density at radius 2 is 1.74 bits per heavy atom. The lowest BCUT2D eigenvalue weighted by atomic mass is 10.1. The number of rotatable bonds is 7. The molecule has 0 saturated heterocycles. The highest BCUT2D eigenvalue weighted by Crippen LogP contribution is 2.19. The second-order valence-electron chi connectivity index (χ2n) is 7.20. The van der Waals surface area contributed by atoms with Gasteiger partial charge in [0, 0.05) is 29.2 Å². The summed E-state index contributed by atoms with van der Waals surface area (Å²) in [7, 11) is 0. The van der Waals surface area contributed by atoms with Crippen LogP contribution in [-0.2, 0) is 22.4 Å². The first-order valence-corrected chi connectivity index (χ1v) is 10.9. The number of hydrogen-bond donors (Lipinski definition) is 4. The normalized spacial score (nSPS) is 10.9. The minimum atomic E-state index is -0.295. The third-order valence-corrected chi connectivity index (χ3v) is 5.76. The number of para-hydroxylation sites is 1. The maximum atomic E-state index is 12.2. The first-order valence-electron chi connectivity index (χ1n) is 9.93. The van der Waals surface area contributed by atoms with Gasteiger partial charge in [0.25, 0.3) is 0 Å². The van der Waals surface area contributed by atoms with E-state index < -0.39 is 0 Å². The van der Waals surface area contributed by atoms with Crippen molar-refractivity contribution < 1.29 is 9.59 Å². The molecule has 0 unspecified atom stereocenters. The molecule has 31 heavy (non-hydrogen) atoms. The number of H-pyrrole nitrogens is 2. The van der Waals surface area contributed by atoms with E-state index in [0.29, 0.717) is 5.16 Å². The number of nitrogens with one attached hydrogen (secondary N) is 4. The maximum absolute atomic E-state index is 12.2. The maximum Gasteiger partial charge on any atom is 0.248 e. The number of imidazole rings is 1. The number of aromatic nitrogens is 3. The van der Waals surface area contributed by atoms with Crippen LogP contribution >= 0.6 is 11.8 Å². The van der Waals surface area contributed by atoms with Crippen LogP contribution < -0.4 is 10.9 Å². The van der Waals surface area contributed by atoms with E-state index in [2.05, 4.69) is 37.9 Å². The Labute approximate surface area is 184 Å². The van der Waals surface area contributed by atoms with Crippen molar-refractivity contribution in [3.63, 3.8) is 0 Å². The molecule has 0 atom stereocenters. The number of carbonyl (C=O) groups is 2. The highest BCUT2D eigenvalue weighted by molar-refractivity contribution is 7.99. The fraction of sp³-hybridized carbons (Fsp3) is 0.174. The number of amides is 2. The number of benzene rings is 2.